The Kier molecular flexibility index (Phi) is 3.96. The Hall–Kier alpha value is -2.02. The van der Waals surface area contributed by atoms with Crippen LogP contribution in [0.1, 0.15) is 36.4 Å². The van der Waals surface area contributed by atoms with E-state index in [1.807, 2.05) is 6.08 Å². The molecular formula is C23H27N. The minimum Gasteiger partial charge on any atom is -0.344 e. The number of nitrogens with zero attached hydrogens (tertiary/aromatic N) is 1. The summed E-state index contributed by atoms with van der Waals surface area (Å²) in [4.78, 5) is 0. The van der Waals surface area contributed by atoms with Gasteiger partial charge < -0.3 is 4.57 Å². The molecule has 0 radical (unpaired) electrons. The van der Waals surface area contributed by atoms with Gasteiger partial charge in [-0.15, -0.1) is 19.7 Å². The van der Waals surface area contributed by atoms with Crippen molar-refractivity contribution in [2.24, 2.45) is 17.8 Å². The molecule has 1 heterocycles. The molecule has 1 nitrogen and oxygen atoms in total. The second-order valence-corrected chi connectivity index (χ2v) is 7.39. The summed E-state index contributed by atoms with van der Waals surface area (Å²) < 4.78 is 2.61. The zero-order valence-electron chi connectivity index (χ0n) is 14.5. The van der Waals surface area contributed by atoms with Crippen molar-refractivity contribution < 1.29 is 0 Å². The van der Waals surface area contributed by atoms with Crippen LogP contribution in [-0.2, 0) is 13.0 Å². The fourth-order valence-corrected chi connectivity index (χ4v) is 5.28. The molecule has 1 saturated carbocycles. The molecule has 0 spiro atoms. The molecule has 4 atom stereocenters. The molecule has 1 aromatic carbocycles. The van der Waals surface area contributed by atoms with Crippen LogP contribution < -0.4 is 0 Å². The highest BCUT2D eigenvalue weighted by Crippen LogP contribution is 2.57. The van der Waals surface area contributed by atoms with Crippen LogP contribution in [0.3, 0.4) is 0 Å². The van der Waals surface area contributed by atoms with Crippen molar-refractivity contribution >= 4 is 10.9 Å². The molecule has 4 rings (SSSR count). The highest BCUT2D eigenvalue weighted by Gasteiger charge is 2.48. The predicted octanol–water partition coefficient (Wildman–Crippen LogP) is 5.87. The number of fused-ring (bicyclic) bond motifs is 5. The zero-order valence-corrected chi connectivity index (χ0v) is 14.5. The summed E-state index contributed by atoms with van der Waals surface area (Å²) in [6.07, 6.45) is 11.1. The predicted molar refractivity (Wildman–Crippen MR) is 103 cm³/mol. The summed E-state index contributed by atoms with van der Waals surface area (Å²) in [6, 6.07) is 8.95. The number of para-hydroxylation sites is 1. The van der Waals surface area contributed by atoms with E-state index in [1.54, 1.807) is 11.3 Å². The lowest BCUT2D eigenvalue weighted by Crippen LogP contribution is -2.14. The maximum atomic E-state index is 4.15. The average Bonchev–Trinajstić information content (AvgIpc) is 3.24. The van der Waals surface area contributed by atoms with Crippen LogP contribution in [-0.4, -0.2) is 4.57 Å². The second kappa shape index (κ2) is 6.12. The van der Waals surface area contributed by atoms with Gasteiger partial charge in [-0.3, -0.25) is 0 Å². The van der Waals surface area contributed by atoms with Crippen LogP contribution in [0, 0.1) is 17.8 Å². The van der Waals surface area contributed by atoms with Gasteiger partial charge in [-0.1, -0.05) is 36.4 Å². The van der Waals surface area contributed by atoms with Gasteiger partial charge in [-0.2, -0.15) is 0 Å². The Labute approximate surface area is 145 Å². The van der Waals surface area contributed by atoms with E-state index in [2.05, 4.69) is 60.7 Å². The molecule has 124 valence electrons. The van der Waals surface area contributed by atoms with Crippen LogP contribution in [0.4, 0.5) is 0 Å². The van der Waals surface area contributed by atoms with Crippen LogP contribution in [0.2, 0.25) is 0 Å². The van der Waals surface area contributed by atoms with Gasteiger partial charge in [0.15, 0.2) is 0 Å². The van der Waals surface area contributed by atoms with Gasteiger partial charge in [0.2, 0.25) is 0 Å². The van der Waals surface area contributed by atoms with Crippen molar-refractivity contribution in [2.45, 2.75) is 38.1 Å². The molecule has 0 saturated heterocycles. The fraction of sp³-hybridized carbons (Fsp3) is 0.391. The van der Waals surface area contributed by atoms with Gasteiger partial charge in [0.05, 0.1) is 0 Å². The maximum absolute atomic E-state index is 4.15. The van der Waals surface area contributed by atoms with E-state index in [0.717, 1.165) is 19.4 Å². The number of hydrogen-bond donors (Lipinski definition) is 0. The molecule has 2 aliphatic rings. The third-order valence-electron chi connectivity index (χ3n) is 6.29. The molecule has 2 aromatic rings. The van der Waals surface area contributed by atoms with Crippen molar-refractivity contribution in [3.05, 3.63) is 73.5 Å². The summed E-state index contributed by atoms with van der Waals surface area (Å²) in [5.74, 6) is 2.55. The number of unbranched alkanes of at least 4 members (excludes halogenated alkanes) is 1. The lowest BCUT2D eigenvalue weighted by Gasteiger charge is -2.21. The van der Waals surface area contributed by atoms with Crippen LogP contribution in [0.25, 0.3) is 10.9 Å². The topological polar surface area (TPSA) is 4.93 Å². The summed E-state index contributed by atoms with van der Waals surface area (Å²) >= 11 is 0. The monoisotopic (exact) mass is 317 g/mol. The fourth-order valence-electron chi connectivity index (χ4n) is 5.28. The molecule has 2 aliphatic carbocycles. The van der Waals surface area contributed by atoms with E-state index < -0.39 is 0 Å². The van der Waals surface area contributed by atoms with Crippen molar-refractivity contribution in [1.82, 2.24) is 4.57 Å². The maximum Gasteiger partial charge on any atom is 0.0485 e. The van der Waals surface area contributed by atoms with Crippen molar-refractivity contribution in [2.75, 3.05) is 0 Å². The van der Waals surface area contributed by atoms with Crippen molar-refractivity contribution in [3.8, 4) is 0 Å². The lowest BCUT2D eigenvalue weighted by atomic mass is 9.88. The Morgan fingerprint density at radius 1 is 1.08 bits per heavy atom. The molecule has 0 unspecified atom stereocenters. The Morgan fingerprint density at radius 2 is 1.88 bits per heavy atom. The highest BCUT2D eigenvalue weighted by molar-refractivity contribution is 5.86. The minimum atomic E-state index is 0.585. The number of aromatic nitrogens is 1. The van der Waals surface area contributed by atoms with Crippen LogP contribution in [0.15, 0.2) is 62.2 Å². The summed E-state index contributed by atoms with van der Waals surface area (Å²) in [7, 11) is 0. The molecule has 0 aliphatic heterocycles. The molecule has 0 bridgehead atoms. The van der Waals surface area contributed by atoms with Gasteiger partial charge in [-0.05, 0) is 55.1 Å². The SMILES string of the molecule is C=CCCCn1c2c(c3ccccc31)C[C@H]1[C@@H]2[C@H](C=C)C[C@@H]1C=C. The lowest BCUT2D eigenvalue weighted by molar-refractivity contribution is 0.428. The normalized spacial score (nSPS) is 27.8. The zero-order chi connectivity index (χ0) is 16.7. The number of hydrogen-bond acceptors (Lipinski definition) is 0. The molecular weight excluding hydrogens is 290 g/mol. The molecule has 24 heavy (non-hydrogen) atoms. The summed E-state index contributed by atoms with van der Waals surface area (Å²) in [5, 5.41) is 1.46. The number of benzene rings is 1. The van der Waals surface area contributed by atoms with E-state index in [1.165, 1.54) is 23.7 Å². The quantitative estimate of drug-likeness (QED) is 0.464. The summed E-state index contributed by atoms with van der Waals surface area (Å²) in [5.41, 5.74) is 4.60. The van der Waals surface area contributed by atoms with Gasteiger partial charge in [0.25, 0.3) is 0 Å². The van der Waals surface area contributed by atoms with Crippen molar-refractivity contribution in [1.29, 1.82) is 0 Å². The Bertz CT molecular complexity index is 779. The van der Waals surface area contributed by atoms with E-state index in [0.29, 0.717) is 23.7 Å². The minimum absolute atomic E-state index is 0.585. The first-order valence-electron chi connectivity index (χ1n) is 9.26. The van der Waals surface area contributed by atoms with E-state index >= 15 is 0 Å². The molecule has 1 fully saturated rings. The van der Waals surface area contributed by atoms with Gasteiger partial charge >= 0.3 is 0 Å². The van der Waals surface area contributed by atoms with E-state index in [4.69, 9.17) is 0 Å². The third kappa shape index (κ3) is 2.14. The smallest absolute Gasteiger partial charge is 0.0485 e. The number of allylic oxidation sites excluding steroid dienone is 3. The third-order valence-corrected chi connectivity index (χ3v) is 6.29. The van der Waals surface area contributed by atoms with E-state index in [9.17, 15) is 0 Å². The van der Waals surface area contributed by atoms with Gasteiger partial charge in [-0.25, -0.2) is 0 Å². The first kappa shape index (κ1) is 15.5. The van der Waals surface area contributed by atoms with Gasteiger partial charge in [0.1, 0.15) is 0 Å². The number of aryl methyl sites for hydroxylation is 1. The largest absolute Gasteiger partial charge is 0.344 e. The summed E-state index contributed by atoms with van der Waals surface area (Å²) in [6.45, 7) is 13.2. The first-order valence-corrected chi connectivity index (χ1v) is 9.26. The van der Waals surface area contributed by atoms with Gasteiger partial charge in [0, 0.05) is 29.1 Å². The molecule has 1 aromatic heterocycles. The first-order chi connectivity index (χ1) is 11.8. The van der Waals surface area contributed by atoms with Crippen molar-refractivity contribution in [3.63, 3.8) is 0 Å². The molecule has 1 heteroatoms. The van der Waals surface area contributed by atoms with Crippen LogP contribution in [0.5, 0.6) is 0 Å². The standard InChI is InChI=1S/C23H27N/c1-4-7-10-13-24-21-12-9-8-11-18(21)20-15-19-16(5-2)14-17(6-3)22(19)23(20)24/h4-6,8-9,11-12,16-17,19,22H,1-3,7,10,13-15H2/t16-,17+,19+,22-/m0/s1. The Balaban J connectivity index is 1.85. The number of rotatable bonds is 6. The van der Waals surface area contributed by atoms with E-state index in [-0.39, 0.29) is 0 Å². The highest BCUT2D eigenvalue weighted by atomic mass is 15.0. The molecule has 0 amide bonds. The Morgan fingerprint density at radius 3 is 2.62 bits per heavy atom. The van der Waals surface area contributed by atoms with Crippen LogP contribution >= 0.6 is 0 Å². The average molecular weight is 317 g/mol. The molecule has 0 N–H and O–H groups in total. The second-order valence-electron chi connectivity index (χ2n) is 7.39.